The molecule has 6 nitrogen and oxygen atoms in total. The molecule has 0 aliphatic carbocycles. The smallest absolute Gasteiger partial charge is 0.194 e. The van der Waals surface area contributed by atoms with Crippen molar-refractivity contribution in [2.24, 2.45) is 4.99 Å². The van der Waals surface area contributed by atoms with Gasteiger partial charge in [0.1, 0.15) is 5.75 Å². The Morgan fingerprint density at radius 3 is 2.50 bits per heavy atom. The number of aromatic nitrogens is 1. The number of nitrogens with one attached hydrogen (secondary N) is 1. The molecule has 2 heterocycles. The molecular formula is C20H30IN5OS. The molecule has 1 saturated heterocycles. The van der Waals surface area contributed by atoms with Gasteiger partial charge in [0, 0.05) is 62.5 Å². The van der Waals surface area contributed by atoms with Crippen LogP contribution in [0.3, 0.4) is 0 Å². The summed E-state index contributed by atoms with van der Waals surface area (Å²) in [5.74, 6) is 1.91. The van der Waals surface area contributed by atoms with Crippen LogP contribution >= 0.6 is 35.3 Å². The molecule has 0 radical (unpaired) electrons. The molecule has 0 amide bonds. The minimum Gasteiger partial charge on any atom is -0.497 e. The highest BCUT2D eigenvalue weighted by molar-refractivity contribution is 14.0. The van der Waals surface area contributed by atoms with E-state index in [9.17, 15) is 0 Å². The van der Waals surface area contributed by atoms with Crippen molar-refractivity contribution in [2.45, 2.75) is 20.3 Å². The van der Waals surface area contributed by atoms with Crippen molar-refractivity contribution < 1.29 is 4.74 Å². The average Bonchev–Trinajstić information content (AvgIpc) is 3.13. The lowest BCUT2D eigenvalue weighted by molar-refractivity contribution is 0.372. The zero-order valence-electron chi connectivity index (χ0n) is 16.9. The molecule has 1 aromatic heterocycles. The summed E-state index contributed by atoms with van der Waals surface area (Å²) in [4.78, 5) is 15.3. The molecule has 2 aromatic rings. The van der Waals surface area contributed by atoms with Gasteiger partial charge in [-0.05, 0) is 38.1 Å². The zero-order valence-corrected chi connectivity index (χ0v) is 20.0. The molecule has 0 spiro atoms. The summed E-state index contributed by atoms with van der Waals surface area (Å²) in [6.45, 7) is 9.78. The van der Waals surface area contributed by atoms with Crippen LogP contribution < -0.4 is 15.0 Å². The molecule has 8 heteroatoms. The molecule has 1 aromatic carbocycles. The van der Waals surface area contributed by atoms with Crippen LogP contribution in [-0.2, 0) is 6.42 Å². The van der Waals surface area contributed by atoms with E-state index in [1.165, 1.54) is 10.6 Å². The van der Waals surface area contributed by atoms with Crippen molar-refractivity contribution in [1.82, 2.24) is 15.2 Å². The Hall–Kier alpha value is -1.55. The number of nitrogens with zero attached hydrogens (tertiary/aromatic N) is 4. The molecule has 0 atom stereocenters. The van der Waals surface area contributed by atoms with Crippen LogP contribution in [0.15, 0.2) is 35.5 Å². The molecule has 3 rings (SSSR count). The molecule has 1 aliphatic rings. The average molecular weight is 515 g/mol. The maximum Gasteiger partial charge on any atom is 0.194 e. The van der Waals surface area contributed by atoms with E-state index in [0.717, 1.165) is 62.4 Å². The topological polar surface area (TPSA) is 53.0 Å². The second kappa shape index (κ2) is 11.5. The number of thiazole rings is 1. The molecule has 0 bridgehead atoms. The number of anilines is 1. The lowest BCUT2D eigenvalue weighted by Gasteiger charge is -2.37. The number of aliphatic imine (C=N–C) groups is 1. The van der Waals surface area contributed by atoms with Crippen LogP contribution in [0.5, 0.6) is 5.75 Å². The molecule has 0 saturated carbocycles. The first-order valence-corrected chi connectivity index (χ1v) is 10.3. The van der Waals surface area contributed by atoms with E-state index in [-0.39, 0.29) is 24.0 Å². The fourth-order valence-electron chi connectivity index (χ4n) is 3.17. The largest absolute Gasteiger partial charge is 0.497 e. The van der Waals surface area contributed by atoms with Crippen molar-refractivity contribution in [2.75, 3.05) is 51.3 Å². The number of hydrogen-bond donors (Lipinski definition) is 1. The predicted octanol–water partition coefficient (Wildman–Crippen LogP) is 3.41. The number of rotatable bonds is 6. The summed E-state index contributed by atoms with van der Waals surface area (Å²) in [5, 5.41) is 4.60. The number of guanidine groups is 1. The van der Waals surface area contributed by atoms with E-state index in [1.54, 1.807) is 18.4 Å². The standard InChI is InChI=1S/C20H29N5OS.HI/c1-4-21-20(22-10-9-19-23-15-16(2)27-19)25-13-11-24(12-14-25)17-5-7-18(26-3)8-6-17;/h5-8,15H,4,9-14H2,1-3H3,(H,21,22);1H. The van der Waals surface area contributed by atoms with Crippen LogP contribution in [0, 0.1) is 6.92 Å². The normalized spacial score (nSPS) is 14.6. The predicted molar refractivity (Wildman–Crippen MR) is 129 cm³/mol. The Balaban J connectivity index is 0.00000280. The van der Waals surface area contributed by atoms with E-state index in [4.69, 9.17) is 9.73 Å². The highest BCUT2D eigenvalue weighted by Gasteiger charge is 2.19. The van der Waals surface area contributed by atoms with Gasteiger partial charge in [-0.3, -0.25) is 4.99 Å². The molecule has 0 unspecified atom stereocenters. The van der Waals surface area contributed by atoms with E-state index >= 15 is 0 Å². The van der Waals surface area contributed by atoms with E-state index < -0.39 is 0 Å². The second-order valence-electron chi connectivity index (χ2n) is 6.52. The van der Waals surface area contributed by atoms with E-state index in [2.05, 4.69) is 46.1 Å². The van der Waals surface area contributed by atoms with Gasteiger partial charge in [0.25, 0.3) is 0 Å². The maximum atomic E-state index is 5.25. The fraction of sp³-hybridized carbons (Fsp3) is 0.500. The van der Waals surface area contributed by atoms with Crippen LogP contribution in [0.4, 0.5) is 5.69 Å². The molecule has 28 heavy (non-hydrogen) atoms. The van der Waals surface area contributed by atoms with Gasteiger partial charge in [0.05, 0.1) is 12.1 Å². The molecule has 1 N–H and O–H groups in total. The Morgan fingerprint density at radius 2 is 1.93 bits per heavy atom. The van der Waals surface area contributed by atoms with Gasteiger partial charge >= 0.3 is 0 Å². The summed E-state index contributed by atoms with van der Waals surface area (Å²) < 4.78 is 5.25. The Labute approximate surface area is 189 Å². The quantitative estimate of drug-likeness (QED) is 0.363. The second-order valence-corrected chi connectivity index (χ2v) is 7.84. The number of ether oxygens (including phenoxy) is 1. The third-order valence-corrected chi connectivity index (χ3v) is 5.58. The minimum absolute atomic E-state index is 0. The Bertz CT molecular complexity index is 741. The lowest BCUT2D eigenvalue weighted by atomic mass is 10.2. The number of hydrogen-bond acceptors (Lipinski definition) is 5. The van der Waals surface area contributed by atoms with Crippen LogP contribution in [0.1, 0.15) is 16.8 Å². The summed E-state index contributed by atoms with van der Waals surface area (Å²) in [6, 6.07) is 8.30. The van der Waals surface area contributed by atoms with Gasteiger partial charge in [-0.2, -0.15) is 0 Å². The number of methoxy groups -OCH3 is 1. The van der Waals surface area contributed by atoms with Gasteiger partial charge in [-0.1, -0.05) is 0 Å². The lowest BCUT2D eigenvalue weighted by Crippen LogP contribution is -2.52. The highest BCUT2D eigenvalue weighted by Crippen LogP contribution is 2.20. The third-order valence-electron chi connectivity index (χ3n) is 4.61. The molecule has 154 valence electrons. The van der Waals surface area contributed by atoms with E-state index in [0.29, 0.717) is 0 Å². The van der Waals surface area contributed by atoms with Gasteiger partial charge < -0.3 is 19.9 Å². The summed E-state index contributed by atoms with van der Waals surface area (Å²) >= 11 is 1.76. The first-order valence-electron chi connectivity index (χ1n) is 9.53. The van der Waals surface area contributed by atoms with Crippen LogP contribution in [-0.4, -0.2) is 62.2 Å². The van der Waals surface area contributed by atoms with Gasteiger partial charge in [-0.25, -0.2) is 4.98 Å². The van der Waals surface area contributed by atoms with Crippen molar-refractivity contribution in [3.63, 3.8) is 0 Å². The summed E-state index contributed by atoms with van der Waals surface area (Å²) in [5.41, 5.74) is 1.25. The molecular weight excluding hydrogens is 485 g/mol. The summed E-state index contributed by atoms with van der Waals surface area (Å²) in [7, 11) is 1.70. The monoisotopic (exact) mass is 515 g/mol. The van der Waals surface area contributed by atoms with Crippen molar-refractivity contribution in [3.8, 4) is 5.75 Å². The fourth-order valence-corrected chi connectivity index (χ4v) is 3.95. The SMILES string of the molecule is CCNC(=NCCc1ncc(C)s1)N1CCN(c2ccc(OC)cc2)CC1.I. The maximum absolute atomic E-state index is 5.25. The Kier molecular flexibility index (Phi) is 9.30. The van der Waals surface area contributed by atoms with Crippen LogP contribution in [0.25, 0.3) is 0 Å². The van der Waals surface area contributed by atoms with Crippen molar-refractivity contribution in [1.29, 1.82) is 0 Å². The van der Waals surface area contributed by atoms with Gasteiger partial charge in [0.2, 0.25) is 0 Å². The first kappa shape index (κ1) is 22.7. The first-order chi connectivity index (χ1) is 13.2. The van der Waals surface area contributed by atoms with Crippen LogP contribution in [0.2, 0.25) is 0 Å². The van der Waals surface area contributed by atoms with Gasteiger partial charge in [0.15, 0.2) is 5.96 Å². The highest BCUT2D eigenvalue weighted by atomic mass is 127. The molecule has 1 fully saturated rings. The molecule has 1 aliphatic heterocycles. The van der Waals surface area contributed by atoms with E-state index in [1.807, 2.05) is 18.3 Å². The number of aryl methyl sites for hydroxylation is 1. The Morgan fingerprint density at radius 1 is 1.21 bits per heavy atom. The number of benzene rings is 1. The van der Waals surface area contributed by atoms with Crippen molar-refractivity contribution in [3.05, 3.63) is 40.3 Å². The summed E-state index contributed by atoms with van der Waals surface area (Å²) in [6.07, 6.45) is 2.84. The number of halogens is 1. The number of piperazine rings is 1. The minimum atomic E-state index is 0. The third kappa shape index (κ3) is 6.23. The van der Waals surface area contributed by atoms with Crippen molar-refractivity contribution >= 4 is 47.0 Å². The zero-order chi connectivity index (χ0) is 19.1. The van der Waals surface area contributed by atoms with Gasteiger partial charge in [-0.15, -0.1) is 35.3 Å².